The number of methoxy groups -OCH3 is 1. The van der Waals surface area contributed by atoms with E-state index in [-0.39, 0.29) is 27.0 Å². The molecule has 0 aliphatic rings. The van der Waals surface area contributed by atoms with Crippen LogP contribution in [-0.2, 0) is 20.2 Å². The molecule has 0 unspecified atom stereocenters. The zero-order chi connectivity index (χ0) is 21.9. The molecule has 0 fully saturated rings. The molecule has 0 spiro atoms. The van der Waals surface area contributed by atoms with Gasteiger partial charge >= 0.3 is 20.2 Å². The largest absolute Gasteiger partial charge is 0.493 e. The standard InChI is InChI=1S/C21H20O7S2/c1-15-4-9-18(10-5-15)29(22,23)27-17-8-13-20(26-3)21(14-17)28-30(24,25)19-11-6-16(2)7-12-19/h4-14H,1-3H3. The molecular formula is C21H20O7S2. The minimum Gasteiger partial charge on any atom is -0.493 e. The van der Waals surface area contributed by atoms with Crippen LogP contribution in [0.1, 0.15) is 11.1 Å². The van der Waals surface area contributed by atoms with Gasteiger partial charge in [0.25, 0.3) is 0 Å². The van der Waals surface area contributed by atoms with Crippen LogP contribution in [0.2, 0.25) is 0 Å². The Labute approximate surface area is 176 Å². The van der Waals surface area contributed by atoms with Crippen LogP contribution in [0.5, 0.6) is 17.2 Å². The van der Waals surface area contributed by atoms with Crippen molar-refractivity contribution in [3.63, 3.8) is 0 Å². The van der Waals surface area contributed by atoms with E-state index in [2.05, 4.69) is 0 Å². The van der Waals surface area contributed by atoms with Crippen molar-refractivity contribution in [3.05, 3.63) is 77.9 Å². The number of ether oxygens (including phenoxy) is 1. The van der Waals surface area contributed by atoms with Gasteiger partial charge in [-0.05, 0) is 50.2 Å². The average molecular weight is 449 g/mol. The summed E-state index contributed by atoms with van der Waals surface area (Å²) in [6.45, 7) is 3.66. The zero-order valence-corrected chi connectivity index (χ0v) is 18.2. The van der Waals surface area contributed by atoms with Gasteiger partial charge in [-0.25, -0.2) is 0 Å². The molecule has 7 nitrogen and oxygen atoms in total. The Balaban J connectivity index is 1.92. The van der Waals surface area contributed by atoms with E-state index in [0.29, 0.717) is 0 Å². The first-order chi connectivity index (χ1) is 14.1. The fraction of sp³-hybridized carbons (Fsp3) is 0.143. The summed E-state index contributed by atoms with van der Waals surface area (Å²) >= 11 is 0. The summed E-state index contributed by atoms with van der Waals surface area (Å²) in [4.78, 5) is -0.0765. The molecular weight excluding hydrogens is 428 g/mol. The summed E-state index contributed by atoms with van der Waals surface area (Å²) in [5.74, 6) is -0.217. The molecule has 0 amide bonds. The Kier molecular flexibility index (Phi) is 6.04. The van der Waals surface area contributed by atoms with Gasteiger partial charge in [0.15, 0.2) is 11.5 Å². The van der Waals surface area contributed by atoms with Gasteiger partial charge in [0.1, 0.15) is 15.5 Å². The maximum Gasteiger partial charge on any atom is 0.339 e. The molecule has 0 aliphatic heterocycles. The van der Waals surface area contributed by atoms with Crippen LogP contribution in [-0.4, -0.2) is 23.9 Å². The third-order valence-corrected chi connectivity index (χ3v) is 6.67. The molecule has 3 aromatic rings. The third-order valence-electron chi connectivity index (χ3n) is 4.16. The highest BCUT2D eigenvalue weighted by molar-refractivity contribution is 7.87. The number of hydrogen-bond donors (Lipinski definition) is 0. The summed E-state index contributed by atoms with van der Waals surface area (Å²) in [6, 6.07) is 16.1. The smallest absolute Gasteiger partial charge is 0.339 e. The van der Waals surface area contributed by atoms with Gasteiger partial charge < -0.3 is 13.1 Å². The van der Waals surface area contributed by atoms with E-state index >= 15 is 0 Å². The van der Waals surface area contributed by atoms with Crippen LogP contribution in [0, 0.1) is 13.8 Å². The van der Waals surface area contributed by atoms with Crippen molar-refractivity contribution in [2.75, 3.05) is 7.11 Å². The van der Waals surface area contributed by atoms with Crippen molar-refractivity contribution in [2.24, 2.45) is 0 Å². The molecule has 0 aromatic heterocycles. The predicted molar refractivity (Wildman–Crippen MR) is 111 cm³/mol. The lowest BCUT2D eigenvalue weighted by Crippen LogP contribution is -2.12. The molecule has 3 rings (SSSR count). The van der Waals surface area contributed by atoms with Crippen LogP contribution >= 0.6 is 0 Å². The number of benzene rings is 3. The molecule has 0 N–H and O–H groups in total. The summed E-state index contributed by atoms with van der Waals surface area (Å²) < 4.78 is 65.7. The van der Waals surface area contributed by atoms with Crippen molar-refractivity contribution >= 4 is 20.2 Å². The van der Waals surface area contributed by atoms with Gasteiger partial charge in [0.2, 0.25) is 0 Å². The minimum absolute atomic E-state index is 0.0290. The van der Waals surface area contributed by atoms with Crippen molar-refractivity contribution in [1.82, 2.24) is 0 Å². The first-order valence-electron chi connectivity index (χ1n) is 8.81. The second-order valence-electron chi connectivity index (χ2n) is 6.51. The molecule has 0 bridgehead atoms. The van der Waals surface area contributed by atoms with E-state index in [0.717, 1.165) is 17.2 Å². The quantitative estimate of drug-likeness (QED) is 0.507. The molecule has 0 atom stereocenters. The molecule has 0 aliphatic carbocycles. The van der Waals surface area contributed by atoms with Crippen LogP contribution in [0.3, 0.4) is 0 Å². The third kappa shape index (κ3) is 4.92. The molecule has 0 radical (unpaired) electrons. The minimum atomic E-state index is -4.17. The van der Waals surface area contributed by atoms with Gasteiger partial charge in [0.05, 0.1) is 7.11 Å². The maximum absolute atomic E-state index is 12.6. The first kappa shape index (κ1) is 21.7. The van der Waals surface area contributed by atoms with Crippen LogP contribution < -0.4 is 13.1 Å². The van der Waals surface area contributed by atoms with Crippen molar-refractivity contribution in [3.8, 4) is 17.2 Å². The fourth-order valence-corrected chi connectivity index (χ4v) is 4.38. The van der Waals surface area contributed by atoms with Crippen molar-refractivity contribution in [2.45, 2.75) is 23.6 Å². The average Bonchev–Trinajstić information content (AvgIpc) is 2.68. The Bertz CT molecular complexity index is 1250. The summed E-state index contributed by atoms with van der Waals surface area (Å²) in [5, 5.41) is 0. The topological polar surface area (TPSA) is 96.0 Å². The summed E-state index contributed by atoms with van der Waals surface area (Å²) in [7, 11) is -6.94. The lowest BCUT2D eigenvalue weighted by molar-refractivity contribution is 0.389. The highest BCUT2D eigenvalue weighted by atomic mass is 32.2. The number of rotatable bonds is 7. The molecule has 0 heterocycles. The van der Waals surface area contributed by atoms with Gasteiger partial charge in [-0.15, -0.1) is 0 Å². The van der Waals surface area contributed by atoms with E-state index in [1.54, 1.807) is 24.3 Å². The van der Waals surface area contributed by atoms with E-state index < -0.39 is 20.2 Å². The lowest BCUT2D eigenvalue weighted by Gasteiger charge is -2.13. The Morgan fingerprint density at radius 3 is 1.53 bits per heavy atom. The van der Waals surface area contributed by atoms with Crippen molar-refractivity contribution < 1.29 is 29.9 Å². The molecule has 9 heteroatoms. The van der Waals surface area contributed by atoms with Gasteiger partial charge in [-0.1, -0.05) is 35.4 Å². The summed E-state index contributed by atoms with van der Waals surface area (Å²) in [5.41, 5.74) is 1.79. The van der Waals surface area contributed by atoms with Crippen LogP contribution in [0.15, 0.2) is 76.5 Å². The number of aryl methyl sites for hydroxylation is 2. The fourth-order valence-electron chi connectivity index (χ4n) is 2.52. The van der Waals surface area contributed by atoms with Gasteiger partial charge in [-0.3, -0.25) is 0 Å². The van der Waals surface area contributed by atoms with E-state index in [9.17, 15) is 16.8 Å². The molecule has 3 aromatic carbocycles. The van der Waals surface area contributed by atoms with Crippen LogP contribution in [0.25, 0.3) is 0 Å². The second-order valence-corrected chi connectivity index (χ2v) is 9.61. The van der Waals surface area contributed by atoms with Gasteiger partial charge in [-0.2, -0.15) is 16.8 Å². The Morgan fingerprint density at radius 2 is 1.07 bits per heavy atom. The first-order valence-corrected chi connectivity index (χ1v) is 11.6. The predicted octanol–water partition coefficient (Wildman–Crippen LogP) is 3.85. The molecule has 158 valence electrons. The van der Waals surface area contributed by atoms with Gasteiger partial charge in [0, 0.05) is 6.07 Å². The zero-order valence-electron chi connectivity index (χ0n) is 16.5. The Morgan fingerprint density at radius 1 is 0.600 bits per heavy atom. The normalized spacial score (nSPS) is 11.7. The molecule has 0 saturated carbocycles. The van der Waals surface area contributed by atoms with Crippen molar-refractivity contribution in [1.29, 1.82) is 0 Å². The second kappa shape index (κ2) is 8.37. The summed E-state index contributed by atoms with van der Waals surface area (Å²) in [6.07, 6.45) is 0. The Hall–Kier alpha value is -3.04. The SMILES string of the molecule is COc1ccc(OS(=O)(=O)c2ccc(C)cc2)cc1OS(=O)(=O)c1ccc(C)cc1. The highest BCUT2D eigenvalue weighted by Crippen LogP contribution is 2.34. The molecule has 0 saturated heterocycles. The number of hydrogen-bond acceptors (Lipinski definition) is 7. The maximum atomic E-state index is 12.6. The monoisotopic (exact) mass is 448 g/mol. The highest BCUT2D eigenvalue weighted by Gasteiger charge is 2.22. The van der Waals surface area contributed by atoms with E-state index in [4.69, 9.17) is 13.1 Å². The lowest BCUT2D eigenvalue weighted by atomic mass is 10.2. The van der Waals surface area contributed by atoms with Crippen LogP contribution in [0.4, 0.5) is 0 Å². The molecule has 30 heavy (non-hydrogen) atoms. The van der Waals surface area contributed by atoms with E-state index in [1.807, 2.05) is 13.8 Å². The van der Waals surface area contributed by atoms with E-state index in [1.165, 1.54) is 43.5 Å².